The van der Waals surface area contributed by atoms with E-state index in [0.717, 1.165) is 33.5 Å². The minimum Gasteiger partial charge on any atom is -0.497 e. The lowest BCUT2D eigenvalue weighted by atomic mass is 10.2. The average Bonchev–Trinajstić information content (AvgIpc) is 3.40. The molecule has 8 nitrogen and oxygen atoms in total. The number of ether oxygens (including phenoxy) is 1. The van der Waals surface area contributed by atoms with Gasteiger partial charge < -0.3 is 23.9 Å². The molecule has 0 spiro atoms. The topological polar surface area (TPSA) is 87.5 Å². The number of hydrogen-bond donors (Lipinski definition) is 1. The van der Waals surface area contributed by atoms with E-state index < -0.39 is 0 Å². The van der Waals surface area contributed by atoms with Gasteiger partial charge in [0.2, 0.25) is 0 Å². The molecule has 0 saturated carbocycles. The number of H-pyrrole nitrogens is 1. The highest BCUT2D eigenvalue weighted by atomic mass is 16.5. The molecule has 1 N–H and O–H groups in total. The average molecular weight is 377 g/mol. The van der Waals surface area contributed by atoms with E-state index in [1.165, 1.54) is 6.26 Å². The third-order valence-corrected chi connectivity index (χ3v) is 5.17. The van der Waals surface area contributed by atoms with Crippen LogP contribution in [0.25, 0.3) is 21.9 Å². The molecule has 1 saturated heterocycles. The molecule has 4 aromatic rings. The molecule has 8 heteroatoms. The molecule has 1 aliphatic heterocycles. The van der Waals surface area contributed by atoms with E-state index in [1.807, 2.05) is 23.1 Å². The Morgan fingerprint density at radius 2 is 2.04 bits per heavy atom. The Labute approximate surface area is 160 Å². The number of carbonyl (C=O) groups excluding carboxylic acids is 1. The predicted molar refractivity (Wildman–Crippen MR) is 105 cm³/mol. The first-order chi connectivity index (χ1) is 13.7. The monoisotopic (exact) mass is 377 g/mol. The smallest absolute Gasteiger partial charge is 0.289 e. The van der Waals surface area contributed by atoms with Gasteiger partial charge in [0, 0.05) is 37.6 Å². The number of aromatic nitrogens is 3. The second-order valence-electron chi connectivity index (χ2n) is 6.71. The van der Waals surface area contributed by atoms with Crippen molar-refractivity contribution in [2.24, 2.45) is 0 Å². The first-order valence-corrected chi connectivity index (χ1v) is 9.13. The molecular weight excluding hydrogens is 358 g/mol. The zero-order valence-corrected chi connectivity index (χ0v) is 15.4. The number of furan rings is 1. The van der Waals surface area contributed by atoms with Gasteiger partial charge in [0.15, 0.2) is 11.6 Å². The van der Waals surface area contributed by atoms with E-state index in [4.69, 9.17) is 9.15 Å². The number of amides is 1. The van der Waals surface area contributed by atoms with Crippen LogP contribution in [0.4, 0.5) is 5.82 Å². The van der Waals surface area contributed by atoms with Gasteiger partial charge in [-0.1, -0.05) is 0 Å². The molecule has 0 aliphatic carbocycles. The Balaban J connectivity index is 1.43. The Kier molecular flexibility index (Phi) is 3.89. The van der Waals surface area contributed by atoms with Crippen molar-refractivity contribution in [2.75, 3.05) is 38.2 Å². The second-order valence-corrected chi connectivity index (χ2v) is 6.71. The van der Waals surface area contributed by atoms with Crippen LogP contribution in [0.2, 0.25) is 0 Å². The van der Waals surface area contributed by atoms with Gasteiger partial charge in [-0.2, -0.15) is 0 Å². The summed E-state index contributed by atoms with van der Waals surface area (Å²) in [4.78, 5) is 28.9. The van der Waals surface area contributed by atoms with Crippen LogP contribution >= 0.6 is 0 Å². The van der Waals surface area contributed by atoms with Crippen LogP contribution in [0, 0.1) is 0 Å². The maximum atomic E-state index is 12.5. The summed E-state index contributed by atoms with van der Waals surface area (Å²) in [5, 5.41) is 1.03. The van der Waals surface area contributed by atoms with Crippen molar-refractivity contribution in [1.82, 2.24) is 19.9 Å². The predicted octanol–water partition coefficient (Wildman–Crippen LogP) is 2.68. The number of hydrogen-bond acceptors (Lipinski definition) is 6. The molecule has 142 valence electrons. The molecule has 0 atom stereocenters. The maximum absolute atomic E-state index is 12.5. The minimum absolute atomic E-state index is 0.0739. The van der Waals surface area contributed by atoms with Crippen molar-refractivity contribution in [3.63, 3.8) is 0 Å². The molecule has 1 aromatic carbocycles. The zero-order valence-electron chi connectivity index (χ0n) is 15.4. The SMILES string of the molecule is COc1ccc2c(c1)[nH]c1c(N3CCN(C(=O)c4ccco4)CC3)ncnc12. The lowest BCUT2D eigenvalue weighted by Gasteiger charge is -2.35. The molecular formula is C20H19N5O3. The molecule has 3 aromatic heterocycles. The molecule has 0 radical (unpaired) electrons. The molecule has 1 aliphatic rings. The van der Waals surface area contributed by atoms with Gasteiger partial charge in [0.25, 0.3) is 5.91 Å². The minimum atomic E-state index is -0.0739. The van der Waals surface area contributed by atoms with Crippen LogP contribution in [-0.2, 0) is 0 Å². The van der Waals surface area contributed by atoms with E-state index in [0.29, 0.717) is 31.9 Å². The first-order valence-electron chi connectivity index (χ1n) is 9.13. The molecule has 1 fully saturated rings. The van der Waals surface area contributed by atoms with Gasteiger partial charge >= 0.3 is 0 Å². The van der Waals surface area contributed by atoms with Crippen LogP contribution < -0.4 is 9.64 Å². The van der Waals surface area contributed by atoms with Crippen molar-refractivity contribution >= 4 is 33.7 Å². The third kappa shape index (κ3) is 2.65. The fourth-order valence-corrected chi connectivity index (χ4v) is 3.71. The standard InChI is InChI=1S/C20H19N5O3/c1-27-13-4-5-14-15(11-13)23-18-17(14)21-12-22-19(18)24-6-8-25(9-7-24)20(26)16-3-2-10-28-16/h2-5,10-12,23H,6-9H2,1H3. The quantitative estimate of drug-likeness (QED) is 0.591. The number of fused-ring (bicyclic) bond motifs is 3. The summed E-state index contributed by atoms with van der Waals surface area (Å²) in [7, 11) is 1.65. The molecule has 28 heavy (non-hydrogen) atoms. The van der Waals surface area contributed by atoms with E-state index in [2.05, 4.69) is 19.9 Å². The van der Waals surface area contributed by atoms with Crippen molar-refractivity contribution in [3.05, 3.63) is 48.7 Å². The van der Waals surface area contributed by atoms with E-state index in [1.54, 1.807) is 25.6 Å². The second kappa shape index (κ2) is 6.56. The number of nitrogens with one attached hydrogen (secondary N) is 1. The molecule has 0 unspecified atom stereocenters. The molecule has 0 bridgehead atoms. The largest absolute Gasteiger partial charge is 0.497 e. The lowest BCUT2D eigenvalue weighted by molar-refractivity contribution is 0.0714. The highest BCUT2D eigenvalue weighted by Crippen LogP contribution is 2.31. The normalized spacial score (nSPS) is 14.8. The van der Waals surface area contributed by atoms with E-state index in [-0.39, 0.29) is 5.91 Å². The zero-order chi connectivity index (χ0) is 19.1. The summed E-state index contributed by atoms with van der Waals surface area (Å²) in [6.07, 6.45) is 3.11. The van der Waals surface area contributed by atoms with Crippen molar-refractivity contribution < 1.29 is 13.9 Å². The van der Waals surface area contributed by atoms with E-state index >= 15 is 0 Å². The van der Waals surface area contributed by atoms with Crippen molar-refractivity contribution in [1.29, 1.82) is 0 Å². The summed E-state index contributed by atoms with van der Waals surface area (Å²) in [5.41, 5.74) is 2.75. The van der Waals surface area contributed by atoms with Crippen LogP contribution in [0.15, 0.2) is 47.3 Å². The van der Waals surface area contributed by atoms with Gasteiger partial charge in [-0.3, -0.25) is 4.79 Å². The van der Waals surface area contributed by atoms with E-state index in [9.17, 15) is 4.79 Å². The van der Waals surface area contributed by atoms with Gasteiger partial charge in [0.05, 0.1) is 18.9 Å². The summed E-state index contributed by atoms with van der Waals surface area (Å²) >= 11 is 0. The summed E-state index contributed by atoms with van der Waals surface area (Å²) in [5.74, 6) is 1.95. The fraction of sp³-hybridized carbons (Fsp3) is 0.250. The van der Waals surface area contributed by atoms with Gasteiger partial charge in [0.1, 0.15) is 23.1 Å². The van der Waals surface area contributed by atoms with Crippen LogP contribution in [0.3, 0.4) is 0 Å². The number of carbonyl (C=O) groups is 1. The van der Waals surface area contributed by atoms with Gasteiger partial charge in [-0.15, -0.1) is 0 Å². The molecule has 4 heterocycles. The Bertz CT molecular complexity index is 1140. The first kappa shape index (κ1) is 16.6. The summed E-state index contributed by atoms with van der Waals surface area (Å²) in [6, 6.07) is 9.31. The number of piperazine rings is 1. The fourth-order valence-electron chi connectivity index (χ4n) is 3.71. The Morgan fingerprint density at radius 3 is 2.79 bits per heavy atom. The number of nitrogens with zero attached hydrogens (tertiary/aromatic N) is 4. The van der Waals surface area contributed by atoms with Crippen LogP contribution in [0.5, 0.6) is 5.75 Å². The lowest BCUT2D eigenvalue weighted by Crippen LogP contribution is -2.49. The third-order valence-electron chi connectivity index (χ3n) is 5.17. The molecule has 1 amide bonds. The van der Waals surface area contributed by atoms with Crippen molar-refractivity contribution in [2.45, 2.75) is 0 Å². The number of methoxy groups -OCH3 is 1. The van der Waals surface area contributed by atoms with Crippen LogP contribution in [0.1, 0.15) is 10.6 Å². The highest BCUT2D eigenvalue weighted by Gasteiger charge is 2.26. The Hall–Kier alpha value is -3.55. The number of aromatic amines is 1. The number of rotatable bonds is 3. The highest BCUT2D eigenvalue weighted by molar-refractivity contribution is 6.08. The van der Waals surface area contributed by atoms with Gasteiger partial charge in [-0.05, 0) is 24.3 Å². The number of benzene rings is 1. The van der Waals surface area contributed by atoms with Crippen LogP contribution in [-0.4, -0.2) is 59.0 Å². The number of anilines is 1. The molecule has 5 rings (SSSR count). The van der Waals surface area contributed by atoms with Gasteiger partial charge in [-0.25, -0.2) is 9.97 Å². The summed E-state index contributed by atoms with van der Waals surface area (Å²) < 4.78 is 10.5. The summed E-state index contributed by atoms with van der Waals surface area (Å²) in [6.45, 7) is 2.60. The Morgan fingerprint density at radius 1 is 1.18 bits per heavy atom. The maximum Gasteiger partial charge on any atom is 0.289 e. The van der Waals surface area contributed by atoms with Crippen molar-refractivity contribution in [3.8, 4) is 5.75 Å².